The highest BCUT2D eigenvalue weighted by molar-refractivity contribution is 6.14. The molecular formula is C138H94N4. The van der Waals surface area contributed by atoms with Crippen LogP contribution >= 0.6 is 0 Å². The third-order valence-electron chi connectivity index (χ3n) is 31.2. The molecule has 0 N–H and O–H groups in total. The van der Waals surface area contributed by atoms with E-state index in [-0.39, 0.29) is 0 Å². The third kappa shape index (κ3) is 13.1. The van der Waals surface area contributed by atoms with E-state index in [9.17, 15) is 0 Å². The molecule has 22 aromatic carbocycles. The van der Waals surface area contributed by atoms with Crippen LogP contribution in [-0.4, -0.2) is 18.3 Å². The van der Waals surface area contributed by atoms with Crippen molar-refractivity contribution in [2.24, 2.45) is 0 Å². The number of benzene rings is 22. The summed E-state index contributed by atoms with van der Waals surface area (Å²) in [4.78, 5) is 0. The predicted octanol–water partition coefficient (Wildman–Crippen LogP) is 34.7. The Kier molecular flexibility index (Phi) is 19.4. The minimum absolute atomic E-state index is 0.571. The van der Waals surface area contributed by atoms with E-state index < -0.39 is 10.8 Å². The van der Waals surface area contributed by atoms with Crippen molar-refractivity contribution in [1.82, 2.24) is 18.3 Å². The van der Waals surface area contributed by atoms with Gasteiger partial charge in [0.1, 0.15) is 0 Å². The summed E-state index contributed by atoms with van der Waals surface area (Å²) >= 11 is 0. The summed E-state index contributed by atoms with van der Waals surface area (Å²) in [6.07, 6.45) is 0. The number of hydrogen-bond acceptors (Lipinski definition) is 0. The molecule has 4 aromatic heterocycles. The zero-order valence-electron chi connectivity index (χ0n) is 78.3. The van der Waals surface area contributed by atoms with Crippen LogP contribution in [0.15, 0.2) is 522 Å². The van der Waals surface area contributed by atoms with Gasteiger partial charge in [-0.2, -0.15) is 0 Å². The molecule has 4 heteroatoms. The van der Waals surface area contributed by atoms with Crippen molar-refractivity contribution in [1.29, 1.82) is 0 Å². The van der Waals surface area contributed by atoms with Crippen molar-refractivity contribution in [2.45, 2.75) is 37.0 Å². The Morgan fingerprint density at radius 1 is 0.141 bits per heavy atom. The fraction of sp³-hybridized carbons (Fsp3) is 0.0435. The van der Waals surface area contributed by atoms with Gasteiger partial charge in [0.05, 0.1) is 10.8 Å². The van der Waals surface area contributed by atoms with Crippen LogP contribution in [0.2, 0.25) is 0 Å². The second-order valence-electron chi connectivity index (χ2n) is 38.7. The maximum atomic E-state index is 2.54. The van der Waals surface area contributed by atoms with Crippen molar-refractivity contribution >= 4 is 87.2 Å². The lowest BCUT2D eigenvalue weighted by Gasteiger charge is -2.34. The number of hydrogen-bond donors (Lipinski definition) is 0. The lowest BCUT2D eigenvalue weighted by atomic mass is 9.67. The standard InChI is InChI=1S/C75H52N2.C63H42N2/c1-7-19-53(20-8-1)57-33-39-71-65(45-57)66-46-58(54-21-9-2-10-22-54)34-40-72(66)76(71)49-51-31-37-63-64-38-32-52(44-70(64)75(69(63)43-51,61-27-15-5-16-28-61)62-29-17-6-18-30-62)50-77-73-41-35-59(55-23-11-3-12-24-55)47-67(73)68-48-60(36-42-74(68)77)56-25-13-4-14-26-56;1-3-17-41(18-4-1)43-33-35-51-55(37-43)63(53-27-15-21-45(61(51)53)39-64-57-29-11-7-23-47(57)48-24-8-12-30-58(48)64)54-28-16-22-46(40-65-59-31-13-9-25-49(59)50-26-10-14-32-60(50)65)62(54)52-36-34-44(38-56(52)63)42-19-5-2-6-20-42/h1-48H,49-50H2;1-38H,39-40H2. The number of aromatic nitrogens is 4. The summed E-state index contributed by atoms with van der Waals surface area (Å²) in [5.74, 6) is 0. The second kappa shape index (κ2) is 33.5. The highest BCUT2D eigenvalue weighted by Crippen LogP contribution is 2.66. The van der Waals surface area contributed by atoms with Gasteiger partial charge in [0.25, 0.3) is 0 Å². The van der Waals surface area contributed by atoms with Crippen molar-refractivity contribution < 1.29 is 0 Å². The average Bonchev–Trinajstić information content (AvgIpc) is 1.50. The zero-order chi connectivity index (χ0) is 93.5. The Balaban J connectivity index is 0.000000141. The van der Waals surface area contributed by atoms with E-state index in [1.165, 1.54) is 254 Å². The van der Waals surface area contributed by atoms with E-state index in [0.29, 0.717) is 0 Å². The SMILES string of the molecule is c1ccc(-c2ccc3c(c2)C2(c4cc(-c5ccccc5)ccc4-c4c(Cn5c6ccccc6c6ccccc65)cccc42)c2cccc(Cn4c5ccccc5c5ccccc54)c2-3)cc1.c1ccc(-c2ccc3c(c2)c2cc(-c4ccccc4)ccc2n3Cc2ccc3c(c2)C(c2ccccc2)(c2ccccc2)c2cc(Cn4c5ccc(-c6ccccc6)cc5c5cc(-c6ccccc6)ccc54)ccc2-3)cc1. The third-order valence-corrected chi connectivity index (χ3v) is 31.2. The number of fused-ring (bicyclic) bond motifs is 25. The molecule has 0 atom stereocenters. The Hall–Kier alpha value is -18.0. The van der Waals surface area contributed by atoms with E-state index in [1.54, 1.807) is 0 Å². The molecule has 26 aromatic rings. The largest absolute Gasteiger partial charge is 0.336 e. The second-order valence-corrected chi connectivity index (χ2v) is 38.7. The van der Waals surface area contributed by atoms with Crippen molar-refractivity contribution in [2.75, 3.05) is 0 Å². The Morgan fingerprint density at radius 2 is 0.380 bits per heavy atom. The molecule has 0 saturated heterocycles. The minimum atomic E-state index is -0.578. The van der Waals surface area contributed by atoms with Crippen LogP contribution in [0, 0.1) is 0 Å². The molecule has 142 heavy (non-hydrogen) atoms. The molecule has 0 unspecified atom stereocenters. The topological polar surface area (TPSA) is 19.7 Å². The van der Waals surface area contributed by atoms with Crippen LogP contribution in [-0.2, 0) is 37.0 Å². The summed E-state index contributed by atoms with van der Waals surface area (Å²) in [6.45, 7) is 2.95. The summed E-state index contributed by atoms with van der Waals surface area (Å²) in [5, 5.41) is 10.2. The first-order chi connectivity index (χ1) is 70.4. The van der Waals surface area contributed by atoms with Gasteiger partial charge in [-0.1, -0.05) is 437 Å². The summed E-state index contributed by atoms with van der Waals surface area (Å²) in [6, 6.07) is 195. The summed E-state index contributed by atoms with van der Waals surface area (Å²) < 4.78 is 10.2. The molecule has 4 heterocycles. The van der Waals surface area contributed by atoms with E-state index in [0.717, 1.165) is 26.2 Å². The first kappa shape index (κ1) is 82.3. The smallest absolute Gasteiger partial charge is 0.0726 e. The van der Waals surface area contributed by atoms with Gasteiger partial charge in [-0.15, -0.1) is 0 Å². The maximum absolute atomic E-state index is 2.54. The van der Waals surface area contributed by atoms with Crippen molar-refractivity contribution in [3.63, 3.8) is 0 Å². The molecule has 4 nitrogen and oxygen atoms in total. The maximum Gasteiger partial charge on any atom is 0.0726 e. The van der Waals surface area contributed by atoms with Gasteiger partial charge in [-0.05, 0) is 252 Å². The number of para-hydroxylation sites is 4. The molecule has 29 rings (SSSR count). The van der Waals surface area contributed by atoms with E-state index in [2.05, 4.69) is 540 Å². The molecule has 0 amide bonds. The van der Waals surface area contributed by atoms with Gasteiger partial charge in [0, 0.05) is 113 Å². The summed E-state index contributed by atoms with van der Waals surface area (Å²) in [5.41, 5.74) is 47.1. The number of nitrogens with zero attached hydrogens (tertiary/aromatic N) is 4. The quantitative estimate of drug-likeness (QED) is 0.0919. The minimum Gasteiger partial charge on any atom is -0.336 e. The van der Waals surface area contributed by atoms with E-state index in [4.69, 9.17) is 0 Å². The fourth-order valence-corrected chi connectivity index (χ4v) is 25.0. The van der Waals surface area contributed by atoms with Gasteiger partial charge in [0.2, 0.25) is 0 Å². The first-order valence-corrected chi connectivity index (χ1v) is 49.7. The molecule has 666 valence electrons. The van der Waals surface area contributed by atoms with Crippen LogP contribution in [0.4, 0.5) is 0 Å². The van der Waals surface area contributed by atoms with Crippen LogP contribution in [0.5, 0.6) is 0 Å². The molecule has 3 aliphatic carbocycles. The highest BCUT2D eigenvalue weighted by Gasteiger charge is 2.54. The van der Waals surface area contributed by atoms with Crippen LogP contribution in [0.1, 0.15) is 66.8 Å². The molecule has 0 saturated carbocycles. The fourth-order valence-electron chi connectivity index (χ4n) is 25.0. The molecular weight excluding hydrogens is 1710 g/mol. The van der Waals surface area contributed by atoms with Gasteiger partial charge < -0.3 is 18.3 Å². The molecule has 0 aliphatic heterocycles. The molecule has 0 fully saturated rings. The van der Waals surface area contributed by atoms with E-state index >= 15 is 0 Å². The van der Waals surface area contributed by atoms with Crippen molar-refractivity contribution in [3.05, 3.63) is 588 Å². The normalized spacial score (nSPS) is 12.9. The van der Waals surface area contributed by atoms with Gasteiger partial charge in [-0.25, -0.2) is 0 Å². The van der Waals surface area contributed by atoms with Crippen LogP contribution < -0.4 is 0 Å². The van der Waals surface area contributed by atoms with Gasteiger partial charge in [-0.3, -0.25) is 0 Å². The Labute approximate surface area is 825 Å². The van der Waals surface area contributed by atoms with Gasteiger partial charge >= 0.3 is 0 Å². The Bertz CT molecular complexity index is 8650. The molecule has 0 bridgehead atoms. The number of rotatable bonds is 16. The van der Waals surface area contributed by atoms with E-state index in [1.807, 2.05) is 0 Å². The monoisotopic (exact) mass is 1810 g/mol. The zero-order valence-corrected chi connectivity index (χ0v) is 78.3. The molecule has 1 spiro atoms. The summed E-state index contributed by atoms with van der Waals surface area (Å²) in [7, 11) is 0. The first-order valence-electron chi connectivity index (χ1n) is 49.7. The van der Waals surface area contributed by atoms with Gasteiger partial charge in [0.15, 0.2) is 0 Å². The highest BCUT2D eigenvalue weighted by atomic mass is 15.0. The molecule has 0 radical (unpaired) electrons. The van der Waals surface area contributed by atoms with Crippen LogP contribution in [0.25, 0.3) is 187 Å². The lowest BCUT2D eigenvalue weighted by Crippen LogP contribution is -2.29. The Morgan fingerprint density at radius 3 is 0.683 bits per heavy atom. The lowest BCUT2D eigenvalue weighted by molar-refractivity contribution is 0.759. The van der Waals surface area contributed by atoms with Crippen LogP contribution in [0.3, 0.4) is 0 Å². The predicted molar refractivity (Wildman–Crippen MR) is 593 cm³/mol. The average molecular weight is 1810 g/mol. The molecule has 3 aliphatic rings. The van der Waals surface area contributed by atoms with Crippen molar-refractivity contribution in [3.8, 4) is 100 Å².